The Hall–Kier alpha value is -4.53. The number of carbonyl (C=O) groups excluding carboxylic acids is 1. The van der Waals surface area contributed by atoms with Gasteiger partial charge >= 0.3 is 5.63 Å². The Labute approximate surface area is 180 Å². The van der Waals surface area contributed by atoms with Gasteiger partial charge in [-0.15, -0.1) is 0 Å². The van der Waals surface area contributed by atoms with Crippen LogP contribution in [-0.4, -0.2) is 15.8 Å². The molecular formula is C23H16N2O7. The average Bonchev–Trinajstić information content (AvgIpc) is 2.78. The molecule has 1 atom stereocenters. The second-order valence-corrected chi connectivity index (χ2v) is 7.09. The fourth-order valence-corrected chi connectivity index (χ4v) is 3.60. The van der Waals surface area contributed by atoms with Crippen LogP contribution in [0.1, 0.15) is 34.0 Å². The number of aromatic hydroxyl groups is 1. The number of rotatable bonds is 6. The molecule has 2 aromatic heterocycles. The van der Waals surface area contributed by atoms with E-state index in [0.717, 1.165) is 0 Å². The third-order valence-corrected chi connectivity index (χ3v) is 5.17. The summed E-state index contributed by atoms with van der Waals surface area (Å²) in [7, 11) is 0. The van der Waals surface area contributed by atoms with Gasteiger partial charge in [-0.25, -0.2) is 4.79 Å². The van der Waals surface area contributed by atoms with Gasteiger partial charge in [0.1, 0.15) is 11.3 Å². The van der Waals surface area contributed by atoms with Crippen molar-refractivity contribution in [3.8, 4) is 5.75 Å². The zero-order valence-electron chi connectivity index (χ0n) is 16.5. The minimum atomic E-state index is -1.01. The number of Topliss-reactive ketones (excluding diaryl/α,β-unsaturated/α-hetero) is 1. The highest BCUT2D eigenvalue weighted by Crippen LogP contribution is 2.37. The number of ketones is 1. The summed E-state index contributed by atoms with van der Waals surface area (Å²) in [5.74, 6) is -1.93. The number of hydrogen-bond donors (Lipinski definition) is 1. The highest BCUT2D eigenvalue weighted by molar-refractivity contribution is 5.94. The third-order valence-electron chi connectivity index (χ3n) is 5.17. The van der Waals surface area contributed by atoms with E-state index in [1.54, 1.807) is 18.2 Å². The van der Waals surface area contributed by atoms with Gasteiger partial charge in [0.15, 0.2) is 6.20 Å². The van der Waals surface area contributed by atoms with E-state index in [1.807, 2.05) is 0 Å². The molecule has 4 rings (SSSR count). The minimum absolute atomic E-state index is 0.135. The molecule has 0 aliphatic rings. The Bertz CT molecular complexity index is 1390. The summed E-state index contributed by atoms with van der Waals surface area (Å²) in [6.07, 6.45) is 0.830. The summed E-state index contributed by atoms with van der Waals surface area (Å²) in [4.78, 5) is 36.2. The third kappa shape index (κ3) is 3.79. The van der Waals surface area contributed by atoms with Gasteiger partial charge in [0, 0.05) is 36.6 Å². The summed E-state index contributed by atoms with van der Waals surface area (Å²) >= 11 is 0. The summed E-state index contributed by atoms with van der Waals surface area (Å²) in [6, 6.07) is 16.0. The number of nitrogens with zero attached hydrogens (tertiary/aromatic N) is 2. The van der Waals surface area contributed by atoms with Gasteiger partial charge in [0.25, 0.3) is 11.4 Å². The van der Waals surface area contributed by atoms with Crippen LogP contribution < -0.4 is 10.4 Å². The lowest BCUT2D eigenvalue weighted by molar-refractivity contribution is -0.607. The van der Waals surface area contributed by atoms with E-state index in [-0.39, 0.29) is 40.1 Å². The van der Waals surface area contributed by atoms with Crippen LogP contribution in [0.5, 0.6) is 5.75 Å². The van der Waals surface area contributed by atoms with Crippen molar-refractivity contribution >= 4 is 22.4 Å². The number of nitro benzene ring substituents is 1. The molecule has 2 heterocycles. The van der Waals surface area contributed by atoms with Crippen LogP contribution in [0.4, 0.5) is 5.69 Å². The van der Waals surface area contributed by atoms with E-state index in [9.17, 15) is 30.0 Å². The fourth-order valence-electron chi connectivity index (χ4n) is 3.60. The van der Waals surface area contributed by atoms with Crippen molar-refractivity contribution in [2.45, 2.75) is 12.3 Å². The molecule has 9 heteroatoms. The first-order valence-corrected chi connectivity index (χ1v) is 9.57. The zero-order valence-corrected chi connectivity index (χ0v) is 16.5. The van der Waals surface area contributed by atoms with Gasteiger partial charge < -0.3 is 14.7 Å². The maximum Gasteiger partial charge on any atom is 0.343 e. The zero-order chi connectivity index (χ0) is 22.8. The molecule has 9 nitrogen and oxygen atoms in total. The SMILES string of the molecule is O=C(C[C@H](c1ccc([N+](=O)[O-])cc1)c1c(O)c2ccccc2oc1=O)c1cccc[n+]1[O-]. The summed E-state index contributed by atoms with van der Waals surface area (Å²) < 4.78 is 5.76. The predicted octanol–water partition coefficient (Wildman–Crippen LogP) is 3.45. The Morgan fingerprint density at radius 1 is 1.06 bits per heavy atom. The average molecular weight is 432 g/mol. The molecule has 0 aliphatic carbocycles. The van der Waals surface area contributed by atoms with Crippen LogP contribution in [0, 0.1) is 15.3 Å². The number of pyridine rings is 1. The molecule has 1 N–H and O–H groups in total. The number of carbonyl (C=O) groups is 1. The van der Waals surface area contributed by atoms with Gasteiger partial charge in [0.05, 0.1) is 15.9 Å². The van der Waals surface area contributed by atoms with Gasteiger partial charge in [-0.1, -0.05) is 24.3 Å². The van der Waals surface area contributed by atoms with Crippen LogP contribution in [-0.2, 0) is 0 Å². The molecule has 0 fully saturated rings. The smallest absolute Gasteiger partial charge is 0.343 e. The van der Waals surface area contributed by atoms with Crippen molar-refractivity contribution < 1.29 is 24.0 Å². The van der Waals surface area contributed by atoms with E-state index in [2.05, 4.69) is 0 Å². The number of para-hydroxylation sites is 1. The molecule has 0 saturated carbocycles. The maximum absolute atomic E-state index is 12.9. The Morgan fingerprint density at radius 2 is 1.75 bits per heavy atom. The number of hydrogen-bond acceptors (Lipinski definition) is 7. The van der Waals surface area contributed by atoms with Gasteiger partial charge in [-0.3, -0.25) is 14.9 Å². The molecule has 32 heavy (non-hydrogen) atoms. The minimum Gasteiger partial charge on any atom is -0.618 e. The van der Waals surface area contributed by atoms with Crippen molar-refractivity contribution in [1.29, 1.82) is 0 Å². The molecular weight excluding hydrogens is 416 g/mol. The van der Waals surface area contributed by atoms with Crippen molar-refractivity contribution in [1.82, 2.24) is 0 Å². The van der Waals surface area contributed by atoms with E-state index in [1.165, 1.54) is 54.7 Å². The van der Waals surface area contributed by atoms with Crippen LogP contribution >= 0.6 is 0 Å². The van der Waals surface area contributed by atoms with Crippen LogP contribution in [0.15, 0.2) is 82.1 Å². The number of nitro groups is 1. The van der Waals surface area contributed by atoms with E-state index >= 15 is 0 Å². The molecule has 0 saturated heterocycles. The Balaban J connectivity index is 1.87. The van der Waals surface area contributed by atoms with E-state index in [0.29, 0.717) is 10.3 Å². The Morgan fingerprint density at radius 3 is 2.44 bits per heavy atom. The first-order chi connectivity index (χ1) is 15.4. The summed E-state index contributed by atoms with van der Waals surface area (Å²) in [6.45, 7) is 0. The van der Waals surface area contributed by atoms with Gasteiger partial charge in [0.2, 0.25) is 5.78 Å². The monoisotopic (exact) mass is 432 g/mol. The van der Waals surface area contributed by atoms with E-state index in [4.69, 9.17) is 4.42 Å². The first-order valence-electron chi connectivity index (χ1n) is 9.57. The molecule has 4 aromatic rings. The number of fused-ring (bicyclic) bond motifs is 1. The fraction of sp³-hybridized carbons (Fsp3) is 0.0870. The van der Waals surface area contributed by atoms with Crippen molar-refractivity contribution in [2.24, 2.45) is 0 Å². The summed E-state index contributed by atoms with van der Waals surface area (Å²) in [5, 5.41) is 34.2. The molecule has 0 spiro atoms. The van der Waals surface area contributed by atoms with Crippen LogP contribution in [0.3, 0.4) is 0 Å². The van der Waals surface area contributed by atoms with Crippen molar-refractivity contribution in [2.75, 3.05) is 0 Å². The molecule has 0 radical (unpaired) electrons. The van der Waals surface area contributed by atoms with Crippen LogP contribution in [0.25, 0.3) is 11.0 Å². The number of aromatic nitrogens is 1. The van der Waals surface area contributed by atoms with Gasteiger partial charge in [-0.2, -0.15) is 4.73 Å². The molecule has 0 bridgehead atoms. The van der Waals surface area contributed by atoms with Crippen LogP contribution in [0.2, 0.25) is 0 Å². The standard InChI is InChI=1S/C23H16N2O7/c26-19(18-6-3-4-12-24(18)29)13-17(14-8-10-15(11-9-14)25(30)31)21-22(27)16-5-1-2-7-20(16)32-23(21)28/h1-12,17,27H,13H2/t17-/m1/s1. The van der Waals surface area contributed by atoms with E-state index < -0.39 is 22.3 Å². The lowest BCUT2D eigenvalue weighted by Crippen LogP contribution is -2.34. The molecule has 2 aromatic carbocycles. The van der Waals surface area contributed by atoms with Crippen molar-refractivity contribution in [3.05, 3.63) is 115 Å². The predicted molar refractivity (Wildman–Crippen MR) is 113 cm³/mol. The highest BCUT2D eigenvalue weighted by atomic mass is 16.6. The maximum atomic E-state index is 12.9. The number of non-ortho nitro benzene ring substituents is 1. The lowest BCUT2D eigenvalue weighted by atomic mass is 9.86. The van der Waals surface area contributed by atoms with Gasteiger partial charge in [-0.05, 0) is 23.8 Å². The van der Waals surface area contributed by atoms with Crippen molar-refractivity contribution in [3.63, 3.8) is 0 Å². The number of benzene rings is 2. The normalized spacial score (nSPS) is 11.9. The second kappa shape index (κ2) is 8.31. The lowest BCUT2D eigenvalue weighted by Gasteiger charge is -2.18. The first kappa shape index (κ1) is 20.7. The molecule has 0 amide bonds. The quantitative estimate of drug-likeness (QED) is 0.123. The Kier molecular flexibility index (Phi) is 5.38. The topological polar surface area (TPSA) is 138 Å². The summed E-state index contributed by atoms with van der Waals surface area (Å²) in [5.41, 5.74) is -0.777. The largest absolute Gasteiger partial charge is 0.618 e. The molecule has 0 unspecified atom stereocenters. The second-order valence-electron chi connectivity index (χ2n) is 7.09. The highest BCUT2D eigenvalue weighted by Gasteiger charge is 2.29. The molecule has 0 aliphatic heterocycles. The molecule has 160 valence electrons.